The Morgan fingerprint density at radius 1 is 1.35 bits per heavy atom. The average molecular weight is 312 g/mol. The monoisotopic (exact) mass is 312 g/mol. The van der Waals surface area contributed by atoms with Crippen molar-refractivity contribution in [1.82, 2.24) is 14.7 Å². The quantitative estimate of drug-likeness (QED) is 0.939. The summed E-state index contributed by atoms with van der Waals surface area (Å²) in [7, 11) is 0. The van der Waals surface area contributed by atoms with E-state index in [1.165, 1.54) is 0 Å². The SMILES string of the molecule is C[C@H]1CCCN(C(=O)Cc2cnn(-c3ccccc3)c2)[C@H]1CN. The number of piperidine rings is 1. The van der Waals surface area contributed by atoms with Gasteiger partial charge in [-0.1, -0.05) is 25.1 Å². The number of nitrogens with two attached hydrogens (primary N) is 1. The maximum absolute atomic E-state index is 12.7. The van der Waals surface area contributed by atoms with Crippen molar-refractivity contribution in [1.29, 1.82) is 0 Å². The smallest absolute Gasteiger partial charge is 0.227 e. The van der Waals surface area contributed by atoms with Gasteiger partial charge < -0.3 is 10.6 Å². The van der Waals surface area contributed by atoms with Crippen LogP contribution >= 0.6 is 0 Å². The zero-order chi connectivity index (χ0) is 16.2. The van der Waals surface area contributed by atoms with Crippen molar-refractivity contribution in [3.05, 3.63) is 48.3 Å². The molecule has 2 N–H and O–H groups in total. The van der Waals surface area contributed by atoms with Crippen molar-refractivity contribution in [2.45, 2.75) is 32.2 Å². The number of likely N-dealkylation sites (tertiary alicyclic amines) is 1. The second-order valence-electron chi connectivity index (χ2n) is 6.32. The molecule has 5 heteroatoms. The summed E-state index contributed by atoms with van der Waals surface area (Å²) >= 11 is 0. The number of aromatic nitrogens is 2. The van der Waals surface area contributed by atoms with E-state index in [4.69, 9.17) is 5.73 Å². The van der Waals surface area contributed by atoms with Crippen LogP contribution < -0.4 is 5.73 Å². The van der Waals surface area contributed by atoms with Crippen LogP contribution in [-0.2, 0) is 11.2 Å². The third-order valence-electron chi connectivity index (χ3n) is 4.69. The van der Waals surface area contributed by atoms with E-state index >= 15 is 0 Å². The molecule has 2 atom stereocenters. The first-order valence-electron chi connectivity index (χ1n) is 8.27. The largest absolute Gasteiger partial charge is 0.338 e. The molecule has 1 saturated heterocycles. The van der Waals surface area contributed by atoms with E-state index in [0.29, 0.717) is 18.9 Å². The van der Waals surface area contributed by atoms with Crippen LogP contribution in [0.3, 0.4) is 0 Å². The van der Waals surface area contributed by atoms with Crippen LogP contribution in [0.25, 0.3) is 5.69 Å². The lowest BCUT2D eigenvalue weighted by Crippen LogP contribution is -2.51. The first kappa shape index (κ1) is 15.7. The van der Waals surface area contributed by atoms with E-state index in [2.05, 4.69) is 12.0 Å². The number of hydrogen-bond donors (Lipinski definition) is 1. The standard InChI is InChI=1S/C18H24N4O/c1-14-6-5-9-21(17(14)11-19)18(23)10-15-12-20-22(13-15)16-7-3-2-4-8-16/h2-4,7-8,12-14,17H,5-6,9-11,19H2,1H3/t14-,17-/m0/s1. The molecular weight excluding hydrogens is 288 g/mol. The summed E-state index contributed by atoms with van der Waals surface area (Å²) in [5.74, 6) is 0.629. The van der Waals surface area contributed by atoms with E-state index in [0.717, 1.165) is 30.6 Å². The van der Waals surface area contributed by atoms with Crippen LogP contribution in [0, 0.1) is 5.92 Å². The highest BCUT2D eigenvalue weighted by Crippen LogP contribution is 2.23. The molecule has 0 bridgehead atoms. The number of benzene rings is 1. The number of hydrogen-bond acceptors (Lipinski definition) is 3. The molecule has 5 nitrogen and oxygen atoms in total. The summed E-state index contributed by atoms with van der Waals surface area (Å²) in [6, 6.07) is 10.1. The van der Waals surface area contributed by atoms with Gasteiger partial charge in [0.25, 0.3) is 0 Å². The number of para-hydroxylation sites is 1. The molecule has 1 aliphatic heterocycles. The van der Waals surface area contributed by atoms with Gasteiger partial charge in [-0.05, 0) is 36.5 Å². The summed E-state index contributed by atoms with van der Waals surface area (Å²) in [5.41, 5.74) is 7.82. The molecular formula is C18H24N4O. The van der Waals surface area contributed by atoms with E-state index in [9.17, 15) is 4.79 Å². The van der Waals surface area contributed by atoms with Crippen molar-refractivity contribution in [2.75, 3.05) is 13.1 Å². The Bertz CT molecular complexity index is 652. The lowest BCUT2D eigenvalue weighted by atomic mass is 9.90. The van der Waals surface area contributed by atoms with Crippen molar-refractivity contribution in [3.8, 4) is 5.69 Å². The zero-order valence-electron chi connectivity index (χ0n) is 13.6. The minimum Gasteiger partial charge on any atom is -0.338 e. The number of carbonyl (C=O) groups is 1. The minimum atomic E-state index is 0.152. The molecule has 1 fully saturated rings. The lowest BCUT2D eigenvalue weighted by Gasteiger charge is -2.39. The summed E-state index contributed by atoms with van der Waals surface area (Å²) in [6.45, 7) is 3.54. The Hall–Kier alpha value is -2.14. The van der Waals surface area contributed by atoms with Gasteiger partial charge in [-0.2, -0.15) is 5.10 Å². The van der Waals surface area contributed by atoms with Crippen LogP contribution in [0.15, 0.2) is 42.7 Å². The molecule has 0 saturated carbocycles. The number of carbonyl (C=O) groups excluding carboxylic acids is 1. The summed E-state index contributed by atoms with van der Waals surface area (Å²) in [4.78, 5) is 14.6. The number of rotatable bonds is 4. The van der Waals surface area contributed by atoms with Crippen LogP contribution in [0.4, 0.5) is 0 Å². The number of nitrogens with zero attached hydrogens (tertiary/aromatic N) is 3. The molecule has 1 aromatic carbocycles. The molecule has 0 unspecified atom stereocenters. The molecule has 1 amide bonds. The molecule has 23 heavy (non-hydrogen) atoms. The Balaban J connectivity index is 1.69. The second kappa shape index (κ2) is 6.96. The van der Waals surface area contributed by atoms with Gasteiger partial charge in [0.2, 0.25) is 5.91 Å². The van der Waals surface area contributed by atoms with Gasteiger partial charge in [0.15, 0.2) is 0 Å². The van der Waals surface area contributed by atoms with Crippen LogP contribution in [-0.4, -0.2) is 39.7 Å². The molecule has 0 spiro atoms. The molecule has 2 heterocycles. The summed E-state index contributed by atoms with van der Waals surface area (Å²) in [5, 5.41) is 4.36. The Labute approximate surface area is 137 Å². The van der Waals surface area contributed by atoms with Crippen LogP contribution in [0.1, 0.15) is 25.3 Å². The lowest BCUT2D eigenvalue weighted by molar-refractivity contribution is -0.135. The first-order valence-corrected chi connectivity index (χ1v) is 8.27. The molecule has 1 aliphatic rings. The topological polar surface area (TPSA) is 64.2 Å². The molecule has 1 aromatic heterocycles. The van der Waals surface area contributed by atoms with Crippen LogP contribution in [0.5, 0.6) is 0 Å². The van der Waals surface area contributed by atoms with Crippen LogP contribution in [0.2, 0.25) is 0 Å². The van der Waals surface area contributed by atoms with E-state index in [-0.39, 0.29) is 11.9 Å². The Kier molecular flexibility index (Phi) is 4.76. The van der Waals surface area contributed by atoms with Crippen molar-refractivity contribution < 1.29 is 4.79 Å². The van der Waals surface area contributed by atoms with Crippen molar-refractivity contribution in [3.63, 3.8) is 0 Å². The molecule has 3 rings (SSSR count). The van der Waals surface area contributed by atoms with Gasteiger partial charge in [0.1, 0.15) is 0 Å². The third kappa shape index (κ3) is 3.45. The fraction of sp³-hybridized carbons (Fsp3) is 0.444. The Morgan fingerprint density at radius 2 is 2.13 bits per heavy atom. The summed E-state index contributed by atoms with van der Waals surface area (Å²) < 4.78 is 1.81. The van der Waals surface area contributed by atoms with Gasteiger partial charge in [-0.3, -0.25) is 4.79 Å². The van der Waals surface area contributed by atoms with Gasteiger partial charge >= 0.3 is 0 Å². The fourth-order valence-corrected chi connectivity index (χ4v) is 3.37. The van der Waals surface area contributed by atoms with Gasteiger partial charge in [0.05, 0.1) is 18.3 Å². The van der Waals surface area contributed by atoms with E-state index in [1.54, 1.807) is 6.20 Å². The molecule has 122 valence electrons. The zero-order valence-corrected chi connectivity index (χ0v) is 13.6. The molecule has 2 aromatic rings. The summed E-state index contributed by atoms with van der Waals surface area (Å²) in [6.07, 6.45) is 6.30. The first-order chi connectivity index (χ1) is 11.2. The Morgan fingerprint density at radius 3 is 2.87 bits per heavy atom. The van der Waals surface area contributed by atoms with Gasteiger partial charge in [0, 0.05) is 25.3 Å². The fourth-order valence-electron chi connectivity index (χ4n) is 3.37. The van der Waals surface area contributed by atoms with Gasteiger partial charge in [-0.15, -0.1) is 0 Å². The average Bonchev–Trinajstić information content (AvgIpc) is 3.04. The third-order valence-corrected chi connectivity index (χ3v) is 4.69. The molecule has 0 radical (unpaired) electrons. The van der Waals surface area contributed by atoms with Gasteiger partial charge in [-0.25, -0.2) is 4.68 Å². The van der Waals surface area contributed by atoms with E-state index in [1.807, 2.05) is 46.1 Å². The molecule has 0 aliphatic carbocycles. The highest BCUT2D eigenvalue weighted by molar-refractivity contribution is 5.79. The predicted molar refractivity (Wildman–Crippen MR) is 90.2 cm³/mol. The second-order valence-corrected chi connectivity index (χ2v) is 6.32. The normalized spacial score (nSPS) is 21.4. The predicted octanol–water partition coefficient (Wildman–Crippen LogP) is 2.00. The van der Waals surface area contributed by atoms with E-state index < -0.39 is 0 Å². The highest BCUT2D eigenvalue weighted by Gasteiger charge is 2.30. The number of amides is 1. The minimum absolute atomic E-state index is 0.152. The maximum atomic E-state index is 12.7. The van der Waals surface area contributed by atoms with Crippen molar-refractivity contribution in [2.24, 2.45) is 11.7 Å². The van der Waals surface area contributed by atoms with Crippen molar-refractivity contribution >= 4 is 5.91 Å². The highest BCUT2D eigenvalue weighted by atomic mass is 16.2. The maximum Gasteiger partial charge on any atom is 0.227 e.